The Hall–Kier alpha value is -3.60. The minimum atomic E-state index is -0.395. The molecule has 0 N–H and O–H groups in total. The molecular formula is C32H28BNO2. The van der Waals surface area contributed by atoms with Gasteiger partial charge in [-0.2, -0.15) is 0 Å². The Labute approximate surface area is 211 Å². The van der Waals surface area contributed by atoms with Gasteiger partial charge in [0, 0.05) is 16.5 Å². The van der Waals surface area contributed by atoms with Crippen LogP contribution in [0.15, 0.2) is 97.1 Å². The van der Waals surface area contributed by atoms with Crippen LogP contribution in [0.2, 0.25) is 0 Å². The van der Waals surface area contributed by atoms with E-state index in [1.807, 2.05) is 0 Å². The molecule has 3 nitrogen and oxygen atoms in total. The summed E-state index contributed by atoms with van der Waals surface area (Å²) in [5.74, 6) is 0. The summed E-state index contributed by atoms with van der Waals surface area (Å²) in [4.78, 5) is 0. The normalized spacial score (nSPS) is 17.1. The van der Waals surface area contributed by atoms with Gasteiger partial charge in [-0.3, -0.25) is 0 Å². The second-order valence-corrected chi connectivity index (χ2v) is 10.9. The first-order valence-corrected chi connectivity index (χ1v) is 12.6. The topological polar surface area (TPSA) is 23.4 Å². The standard InChI is InChI=1S/C32H28BNO2/c1-31(2)32(3,4)36-33(35-31)24-15-18-28-27(20-24)30-26-12-8-7-10-22(26)14-17-29(30)34(28)25-16-13-21-9-5-6-11-23(21)19-25/h5-20H,1-4H3. The highest BCUT2D eigenvalue weighted by molar-refractivity contribution is 6.62. The van der Waals surface area contributed by atoms with Crippen molar-refractivity contribution in [3.05, 3.63) is 97.1 Å². The molecule has 6 aromatic rings. The van der Waals surface area contributed by atoms with Crippen LogP contribution in [-0.4, -0.2) is 22.9 Å². The molecule has 4 heteroatoms. The molecule has 0 bridgehead atoms. The third-order valence-corrected chi connectivity index (χ3v) is 8.20. The van der Waals surface area contributed by atoms with Crippen molar-refractivity contribution < 1.29 is 9.31 Å². The highest BCUT2D eigenvalue weighted by atomic mass is 16.7. The molecule has 0 spiro atoms. The summed E-state index contributed by atoms with van der Waals surface area (Å²) >= 11 is 0. The van der Waals surface area contributed by atoms with Crippen LogP contribution in [0.5, 0.6) is 0 Å². The molecular weight excluding hydrogens is 441 g/mol. The lowest BCUT2D eigenvalue weighted by Gasteiger charge is -2.32. The van der Waals surface area contributed by atoms with Gasteiger partial charge in [0.15, 0.2) is 0 Å². The SMILES string of the molecule is CC1(C)OB(c2ccc3c(c2)c2c4ccccc4ccc2n3-c2ccc3ccccc3c2)OC1(C)C. The summed E-state index contributed by atoms with van der Waals surface area (Å²) in [6.45, 7) is 8.41. The lowest BCUT2D eigenvalue weighted by atomic mass is 9.78. The first-order valence-electron chi connectivity index (χ1n) is 12.6. The maximum atomic E-state index is 6.41. The summed E-state index contributed by atoms with van der Waals surface area (Å²) < 4.78 is 15.2. The molecule has 0 atom stereocenters. The molecule has 5 aromatic carbocycles. The maximum absolute atomic E-state index is 6.41. The molecule has 36 heavy (non-hydrogen) atoms. The molecule has 1 aliphatic heterocycles. The van der Waals surface area contributed by atoms with Crippen molar-refractivity contribution in [3.63, 3.8) is 0 Å². The Morgan fingerprint density at radius 3 is 2.00 bits per heavy atom. The van der Waals surface area contributed by atoms with Crippen LogP contribution in [0, 0.1) is 0 Å². The van der Waals surface area contributed by atoms with Crippen LogP contribution in [0.4, 0.5) is 0 Å². The van der Waals surface area contributed by atoms with Gasteiger partial charge in [0.2, 0.25) is 0 Å². The van der Waals surface area contributed by atoms with E-state index in [1.54, 1.807) is 0 Å². The number of nitrogens with zero attached hydrogens (tertiary/aromatic N) is 1. The zero-order valence-corrected chi connectivity index (χ0v) is 21.1. The zero-order chi connectivity index (χ0) is 24.7. The first-order chi connectivity index (χ1) is 17.3. The summed E-state index contributed by atoms with van der Waals surface area (Å²) in [6.07, 6.45) is 0. The average molecular weight is 469 g/mol. The monoisotopic (exact) mass is 469 g/mol. The first kappa shape index (κ1) is 21.7. The van der Waals surface area contributed by atoms with Crippen molar-refractivity contribution in [2.24, 2.45) is 0 Å². The lowest BCUT2D eigenvalue weighted by Crippen LogP contribution is -2.41. The summed E-state index contributed by atoms with van der Waals surface area (Å²) in [7, 11) is -0.395. The van der Waals surface area contributed by atoms with Crippen LogP contribution >= 0.6 is 0 Å². The summed E-state index contributed by atoms with van der Waals surface area (Å²) in [5, 5.41) is 7.45. The van der Waals surface area contributed by atoms with Crippen molar-refractivity contribution in [2.75, 3.05) is 0 Å². The summed E-state index contributed by atoms with van der Waals surface area (Å²) in [5.41, 5.74) is 3.83. The van der Waals surface area contributed by atoms with E-state index in [4.69, 9.17) is 9.31 Å². The molecule has 7 rings (SSSR count). The molecule has 1 saturated heterocycles. The highest BCUT2D eigenvalue weighted by Crippen LogP contribution is 2.39. The number of fused-ring (bicyclic) bond motifs is 6. The van der Waals surface area contributed by atoms with Crippen LogP contribution in [0.25, 0.3) is 49.0 Å². The molecule has 0 saturated carbocycles. The third-order valence-electron chi connectivity index (χ3n) is 8.20. The van der Waals surface area contributed by atoms with Gasteiger partial charge < -0.3 is 13.9 Å². The van der Waals surface area contributed by atoms with Crippen molar-refractivity contribution in [3.8, 4) is 5.69 Å². The Balaban J connectivity index is 1.52. The fourth-order valence-corrected chi connectivity index (χ4v) is 5.53. The average Bonchev–Trinajstić information content (AvgIpc) is 3.33. The van der Waals surface area contributed by atoms with Gasteiger partial charge >= 0.3 is 7.12 Å². The van der Waals surface area contributed by atoms with E-state index >= 15 is 0 Å². The van der Waals surface area contributed by atoms with E-state index in [2.05, 4.69) is 129 Å². The second-order valence-electron chi connectivity index (χ2n) is 10.9. The van der Waals surface area contributed by atoms with Gasteiger partial charge in [-0.15, -0.1) is 0 Å². The van der Waals surface area contributed by atoms with Gasteiger partial charge in [-0.05, 0) is 79.0 Å². The van der Waals surface area contributed by atoms with Crippen molar-refractivity contribution in [1.29, 1.82) is 0 Å². The molecule has 0 radical (unpaired) electrons. The van der Waals surface area contributed by atoms with Crippen LogP contribution in [0.3, 0.4) is 0 Å². The van der Waals surface area contributed by atoms with Crippen LogP contribution in [0.1, 0.15) is 27.7 Å². The predicted molar refractivity (Wildman–Crippen MR) is 152 cm³/mol. The number of benzene rings is 5. The summed E-state index contributed by atoms with van der Waals surface area (Å²) in [6, 6.07) is 35.0. The fourth-order valence-electron chi connectivity index (χ4n) is 5.53. The number of hydrogen-bond acceptors (Lipinski definition) is 2. The highest BCUT2D eigenvalue weighted by Gasteiger charge is 2.51. The smallest absolute Gasteiger partial charge is 0.399 e. The quantitative estimate of drug-likeness (QED) is 0.247. The van der Waals surface area contributed by atoms with E-state index in [0.29, 0.717) is 0 Å². The molecule has 2 heterocycles. The Morgan fingerprint density at radius 1 is 0.583 bits per heavy atom. The van der Waals surface area contributed by atoms with Gasteiger partial charge in [0.25, 0.3) is 0 Å². The molecule has 0 aliphatic carbocycles. The van der Waals surface area contributed by atoms with Crippen LogP contribution < -0.4 is 5.46 Å². The lowest BCUT2D eigenvalue weighted by molar-refractivity contribution is 0.00578. The fraction of sp³-hybridized carbons (Fsp3) is 0.188. The Morgan fingerprint density at radius 2 is 1.22 bits per heavy atom. The van der Waals surface area contributed by atoms with Gasteiger partial charge in [-0.25, -0.2) is 0 Å². The van der Waals surface area contributed by atoms with Crippen molar-refractivity contribution in [1.82, 2.24) is 4.57 Å². The number of aromatic nitrogens is 1. The molecule has 176 valence electrons. The minimum absolute atomic E-state index is 0.377. The number of hydrogen-bond donors (Lipinski definition) is 0. The third kappa shape index (κ3) is 3.08. The van der Waals surface area contributed by atoms with E-state index in [9.17, 15) is 0 Å². The van der Waals surface area contributed by atoms with Gasteiger partial charge in [0.1, 0.15) is 0 Å². The Bertz CT molecular complexity index is 1800. The van der Waals surface area contributed by atoms with E-state index in [1.165, 1.54) is 43.4 Å². The van der Waals surface area contributed by atoms with Crippen LogP contribution in [-0.2, 0) is 9.31 Å². The van der Waals surface area contributed by atoms with Gasteiger partial charge in [-0.1, -0.05) is 72.8 Å². The molecule has 0 amide bonds. The molecule has 1 aliphatic rings. The second kappa shape index (κ2) is 7.46. The van der Waals surface area contributed by atoms with E-state index < -0.39 is 7.12 Å². The van der Waals surface area contributed by atoms with Crippen molar-refractivity contribution in [2.45, 2.75) is 38.9 Å². The van der Waals surface area contributed by atoms with Crippen molar-refractivity contribution >= 4 is 55.9 Å². The molecule has 1 aromatic heterocycles. The minimum Gasteiger partial charge on any atom is -0.399 e. The molecule has 0 unspecified atom stereocenters. The zero-order valence-electron chi connectivity index (χ0n) is 21.1. The van der Waals surface area contributed by atoms with Gasteiger partial charge in [0.05, 0.1) is 22.2 Å². The predicted octanol–water partition coefficient (Wildman–Crippen LogP) is 7.39. The molecule has 1 fully saturated rings. The number of rotatable bonds is 2. The van der Waals surface area contributed by atoms with E-state index in [0.717, 1.165) is 11.2 Å². The largest absolute Gasteiger partial charge is 0.494 e. The maximum Gasteiger partial charge on any atom is 0.494 e. The Kier molecular flexibility index (Phi) is 4.49. The van der Waals surface area contributed by atoms with E-state index in [-0.39, 0.29) is 11.2 Å².